The molecule has 2 N–H and O–H groups in total. The third-order valence-corrected chi connectivity index (χ3v) is 5.75. The molecule has 0 unspecified atom stereocenters. The van der Waals surface area contributed by atoms with Gasteiger partial charge in [0.15, 0.2) is 11.5 Å². The molecular weight excluding hydrogens is 513 g/mol. The van der Waals surface area contributed by atoms with Gasteiger partial charge in [-0.05, 0) is 60.2 Å². The van der Waals surface area contributed by atoms with Gasteiger partial charge in [-0.25, -0.2) is 14.6 Å². The predicted molar refractivity (Wildman–Crippen MR) is 138 cm³/mol. The summed E-state index contributed by atoms with van der Waals surface area (Å²) in [6.07, 6.45) is 1.30. The molecule has 12 heteroatoms. The molecule has 10 nitrogen and oxygen atoms in total. The van der Waals surface area contributed by atoms with Gasteiger partial charge in [-0.15, -0.1) is 10.2 Å². The van der Waals surface area contributed by atoms with E-state index in [1.807, 2.05) is 0 Å². The number of esters is 1. The Hall–Kier alpha value is -4.97. The lowest BCUT2D eigenvalue weighted by Crippen LogP contribution is -2.19. The lowest BCUT2D eigenvalue weighted by atomic mass is 10.2. The number of carbonyl (C=O) groups excluding carboxylic acids is 3. The van der Waals surface area contributed by atoms with E-state index in [1.54, 1.807) is 42.5 Å². The number of hydrogen-bond acceptors (Lipinski definition) is 9. The molecule has 1 heterocycles. The zero-order valence-electron chi connectivity index (χ0n) is 19.9. The molecule has 2 amide bonds. The maximum absolute atomic E-state index is 13.1. The Balaban J connectivity index is 1.30. The second kappa shape index (κ2) is 12.3. The van der Waals surface area contributed by atoms with Crippen molar-refractivity contribution in [3.05, 3.63) is 100 Å². The zero-order chi connectivity index (χ0) is 26.9. The Labute approximate surface area is 220 Å². The summed E-state index contributed by atoms with van der Waals surface area (Å²) in [5, 5.41) is 15.0. The molecule has 0 spiro atoms. The summed E-state index contributed by atoms with van der Waals surface area (Å²) in [7, 11) is 1.41. The summed E-state index contributed by atoms with van der Waals surface area (Å²) in [6, 6.07) is 18.3. The maximum Gasteiger partial charge on any atom is 0.343 e. The SMILES string of the molecule is COc1cc(/C=N\NC(=O)Cc2nnc(NC(=O)c3ccccc3)s2)ccc1OC(=O)c1ccc(F)cc1. The second-order valence-electron chi connectivity index (χ2n) is 7.60. The molecule has 0 aliphatic carbocycles. The van der Waals surface area contributed by atoms with Crippen molar-refractivity contribution in [1.29, 1.82) is 0 Å². The van der Waals surface area contributed by atoms with Crippen molar-refractivity contribution in [3.63, 3.8) is 0 Å². The third kappa shape index (κ3) is 7.04. The molecule has 0 bridgehead atoms. The lowest BCUT2D eigenvalue weighted by molar-refractivity contribution is -0.120. The molecule has 192 valence electrons. The fourth-order valence-electron chi connectivity index (χ4n) is 3.08. The van der Waals surface area contributed by atoms with Gasteiger partial charge in [0.05, 0.1) is 25.3 Å². The number of carbonyl (C=O) groups is 3. The number of methoxy groups -OCH3 is 1. The summed E-state index contributed by atoms with van der Waals surface area (Å²) in [4.78, 5) is 36.7. The van der Waals surface area contributed by atoms with Gasteiger partial charge >= 0.3 is 5.97 Å². The van der Waals surface area contributed by atoms with Crippen LogP contribution in [-0.2, 0) is 11.2 Å². The fourth-order valence-corrected chi connectivity index (χ4v) is 3.82. The van der Waals surface area contributed by atoms with Crippen LogP contribution in [0.15, 0.2) is 77.9 Å². The van der Waals surface area contributed by atoms with Gasteiger partial charge in [-0.2, -0.15) is 5.10 Å². The molecule has 4 aromatic rings. The highest BCUT2D eigenvalue weighted by atomic mass is 32.1. The largest absolute Gasteiger partial charge is 0.493 e. The van der Waals surface area contributed by atoms with E-state index in [9.17, 15) is 18.8 Å². The minimum Gasteiger partial charge on any atom is -0.493 e. The molecule has 4 rings (SSSR count). The van der Waals surface area contributed by atoms with E-state index >= 15 is 0 Å². The van der Waals surface area contributed by atoms with Crippen molar-refractivity contribution in [2.45, 2.75) is 6.42 Å². The van der Waals surface area contributed by atoms with E-state index in [1.165, 1.54) is 31.5 Å². The van der Waals surface area contributed by atoms with E-state index in [2.05, 4.69) is 26.0 Å². The van der Waals surface area contributed by atoms with Crippen molar-refractivity contribution >= 4 is 40.5 Å². The van der Waals surface area contributed by atoms with Crippen molar-refractivity contribution in [1.82, 2.24) is 15.6 Å². The number of nitrogens with one attached hydrogen (secondary N) is 2. The van der Waals surface area contributed by atoms with Gasteiger partial charge < -0.3 is 9.47 Å². The number of halogens is 1. The molecule has 0 aliphatic rings. The minimum atomic E-state index is -0.670. The van der Waals surface area contributed by atoms with E-state index in [4.69, 9.17) is 9.47 Å². The highest BCUT2D eigenvalue weighted by Crippen LogP contribution is 2.28. The van der Waals surface area contributed by atoms with Gasteiger partial charge in [0, 0.05) is 5.56 Å². The summed E-state index contributed by atoms with van der Waals surface area (Å²) in [6.45, 7) is 0. The highest BCUT2D eigenvalue weighted by molar-refractivity contribution is 7.15. The van der Waals surface area contributed by atoms with Crippen LogP contribution in [0.25, 0.3) is 0 Å². The number of hydrazone groups is 1. The smallest absolute Gasteiger partial charge is 0.343 e. The lowest BCUT2D eigenvalue weighted by Gasteiger charge is -2.10. The predicted octanol–water partition coefficient (Wildman–Crippen LogP) is 3.85. The normalized spacial score (nSPS) is 10.7. The highest BCUT2D eigenvalue weighted by Gasteiger charge is 2.14. The van der Waals surface area contributed by atoms with E-state index in [0.717, 1.165) is 23.5 Å². The van der Waals surface area contributed by atoms with Crippen molar-refractivity contribution < 1.29 is 28.2 Å². The van der Waals surface area contributed by atoms with Crippen LogP contribution in [0.3, 0.4) is 0 Å². The van der Waals surface area contributed by atoms with Crippen LogP contribution in [0.5, 0.6) is 11.5 Å². The molecule has 3 aromatic carbocycles. The monoisotopic (exact) mass is 533 g/mol. The maximum atomic E-state index is 13.1. The Bertz CT molecular complexity index is 1480. The fraction of sp³-hybridized carbons (Fsp3) is 0.0769. The van der Waals surface area contributed by atoms with E-state index in [0.29, 0.717) is 16.1 Å². The average Bonchev–Trinajstić information content (AvgIpc) is 3.36. The van der Waals surface area contributed by atoms with Gasteiger partial charge in [-0.3, -0.25) is 14.9 Å². The van der Waals surface area contributed by atoms with Crippen molar-refractivity contribution in [2.75, 3.05) is 12.4 Å². The number of rotatable bonds is 9. The number of benzene rings is 3. The Kier molecular flexibility index (Phi) is 8.46. The number of nitrogens with zero attached hydrogens (tertiary/aromatic N) is 3. The quantitative estimate of drug-likeness (QED) is 0.145. The molecular formula is C26H20FN5O5S. The summed E-state index contributed by atoms with van der Waals surface area (Å²) in [5.74, 6) is -1.47. The number of aromatic nitrogens is 2. The van der Waals surface area contributed by atoms with E-state index in [-0.39, 0.29) is 34.5 Å². The number of anilines is 1. The summed E-state index contributed by atoms with van der Waals surface area (Å²) in [5.41, 5.74) is 3.61. The summed E-state index contributed by atoms with van der Waals surface area (Å²) < 4.78 is 23.7. The van der Waals surface area contributed by atoms with Crippen LogP contribution >= 0.6 is 11.3 Å². The first kappa shape index (κ1) is 26.1. The number of hydrogen-bond donors (Lipinski definition) is 2. The van der Waals surface area contributed by atoms with Crippen LogP contribution in [0.4, 0.5) is 9.52 Å². The summed E-state index contributed by atoms with van der Waals surface area (Å²) >= 11 is 1.08. The Morgan fingerprint density at radius 2 is 1.74 bits per heavy atom. The standard InChI is InChI=1S/C26H20FN5O5S/c1-36-21-13-16(7-12-20(21)37-25(35)18-8-10-19(27)11-9-18)15-28-30-22(33)14-23-31-32-26(38-23)29-24(34)17-5-3-2-4-6-17/h2-13,15H,14H2,1H3,(H,30,33)(H,29,32,34)/b28-15-. The third-order valence-electron chi connectivity index (χ3n) is 4.91. The first-order chi connectivity index (χ1) is 18.4. The zero-order valence-corrected chi connectivity index (χ0v) is 20.7. The Morgan fingerprint density at radius 3 is 2.47 bits per heavy atom. The molecule has 0 saturated heterocycles. The average molecular weight is 534 g/mol. The number of amides is 2. The first-order valence-corrected chi connectivity index (χ1v) is 11.9. The minimum absolute atomic E-state index is 0.0855. The number of ether oxygens (including phenoxy) is 2. The van der Waals surface area contributed by atoms with E-state index < -0.39 is 17.7 Å². The van der Waals surface area contributed by atoms with Crippen LogP contribution in [0.2, 0.25) is 0 Å². The molecule has 0 atom stereocenters. The Morgan fingerprint density at radius 1 is 0.974 bits per heavy atom. The van der Waals surface area contributed by atoms with Crippen LogP contribution in [0.1, 0.15) is 31.3 Å². The molecule has 38 heavy (non-hydrogen) atoms. The molecule has 1 aromatic heterocycles. The van der Waals surface area contributed by atoms with Gasteiger partial charge in [0.2, 0.25) is 11.0 Å². The van der Waals surface area contributed by atoms with Crippen LogP contribution < -0.4 is 20.2 Å². The molecule has 0 fully saturated rings. The van der Waals surface area contributed by atoms with Gasteiger partial charge in [0.25, 0.3) is 5.91 Å². The van der Waals surface area contributed by atoms with Gasteiger partial charge in [0.1, 0.15) is 10.8 Å². The van der Waals surface area contributed by atoms with Crippen LogP contribution in [-0.4, -0.2) is 41.3 Å². The van der Waals surface area contributed by atoms with Crippen molar-refractivity contribution in [3.8, 4) is 11.5 Å². The molecule has 0 aliphatic heterocycles. The second-order valence-corrected chi connectivity index (χ2v) is 8.66. The van der Waals surface area contributed by atoms with Gasteiger partial charge in [-0.1, -0.05) is 29.5 Å². The molecule has 0 radical (unpaired) electrons. The van der Waals surface area contributed by atoms with Crippen molar-refractivity contribution in [2.24, 2.45) is 5.10 Å². The van der Waals surface area contributed by atoms with Crippen LogP contribution in [0, 0.1) is 5.82 Å². The molecule has 0 saturated carbocycles. The first-order valence-electron chi connectivity index (χ1n) is 11.1. The topological polar surface area (TPSA) is 132 Å².